The minimum atomic E-state index is -0.133. The van der Waals surface area contributed by atoms with Gasteiger partial charge in [0.1, 0.15) is 11.6 Å². The van der Waals surface area contributed by atoms with Crippen molar-refractivity contribution in [3.63, 3.8) is 0 Å². The molecule has 0 spiro atoms. The van der Waals surface area contributed by atoms with Gasteiger partial charge >= 0.3 is 0 Å². The molecule has 4 nitrogen and oxygen atoms in total. The lowest BCUT2D eigenvalue weighted by Gasteiger charge is -2.22. The average molecular weight is 346 g/mol. The van der Waals surface area contributed by atoms with Crippen molar-refractivity contribution in [2.24, 2.45) is 0 Å². The summed E-state index contributed by atoms with van der Waals surface area (Å²) in [6.45, 7) is 12.8. The highest BCUT2D eigenvalue weighted by molar-refractivity contribution is 5.65. The molecule has 26 heavy (non-hydrogen) atoms. The standard InChI is InChI=1S/C22H26N4/c1-21(2,3)19-24-18(25-20(26-19)22(4,5)6)16-12-10-15(11-13-16)17-9-7-8-14-23-17/h7-14H,1-6H3. The molecule has 0 unspecified atom stereocenters. The van der Waals surface area contributed by atoms with Gasteiger partial charge < -0.3 is 0 Å². The van der Waals surface area contributed by atoms with Crippen LogP contribution in [0.2, 0.25) is 0 Å². The molecule has 0 amide bonds. The van der Waals surface area contributed by atoms with Gasteiger partial charge in [-0.15, -0.1) is 0 Å². The topological polar surface area (TPSA) is 51.6 Å². The van der Waals surface area contributed by atoms with Gasteiger partial charge in [0, 0.05) is 28.2 Å². The van der Waals surface area contributed by atoms with Crippen molar-refractivity contribution in [2.75, 3.05) is 0 Å². The summed E-state index contributed by atoms with van der Waals surface area (Å²) in [5, 5.41) is 0. The predicted molar refractivity (Wildman–Crippen MR) is 106 cm³/mol. The second-order valence-electron chi connectivity index (χ2n) is 8.60. The van der Waals surface area contributed by atoms with Crippen LogP contribution in [0.5, 0.6) is 0 Å². The number of pyridine rings is 1. The molecular formula is C22H26N4. The Bertz CT molecular complexity index is 854. The van der Waals surface area contributed by atoms with Crippen LogP contribution in [0, 0.1) is 0 Å². The van der Waals surface area contributed by atoms with Gasteiger partial charge in [-0.25, -0.2) is 15.0 Å². The molecular weight excluding hydrogens is 320 g/mol. The molecule has 134 valence electrons. The van der Waals surface area contributed by atoms with Crippen LogP contribution >= 0.6 is 0 Å². The molecule has 0 atom stereocenters. The summed E-state index contributed by atoms with van der Waals surface area (Å²) in [6, 6.07) is 14.2. The lowest BCUT2D eigenvalue weighted by atomic mass is 9.93. The van der Waals surface area contributed by atoms with Gasteiger partial charge in [-0.2, -0.15) is 0 Å². The zero-order chi connectivity index (χ0) is 18.9. The first-order chi connectivity index (χ1) is 12.1. The fourth-order valence-electron chi connectivity index (χ4n) is 2.50. The molecule has 2 aromatic heterocycles. The second kappa shape index (κ2) is 6.60. The maximum atomic E-state index is 4.75. The first-order valence-electron chi connectivity index (χ1n) is 8.93. The summed E-state index contributed by atoms with van der Waals surface area (Å²) in [5.74, 6) is 2.37. The highest BCUT2D eigenvalue weighted by Gasteiger charge is 2.25. The molecule has 2 heterocycles. The smallest absolute Gasteiger partial charge is 0.163 e. The maximum Gasteiger partial charge on any atom is 0.163 e. The number of hydrogen-bond donors (Lipinski definition) is 0. The van der Waals surface area contributed by atoms with E-state index in [-0.39, 0.29) is 10.8 Å². The summed E-state index contributed by atoms with van der Waals surface area (Å²) in [6.07, 6.45) is 1.81. The van der Waals surface area contributed by atoms with Gasteiger partial charge in [-0.1, -0.05) is 71.9 Å². The molecule has 1 aromatic carbocycles. The van der Waals surface area contributed by atoms with Crippen molar-refractivity contribution in [2.45, 2.75) is 52.4 Å². The van der Waals surface area contributed by atoms with E-state index in [1.54, 1.807) is 6.20 Å². The Kier molecular flexibility index (Phi) is 4.61. The van der Waals surface area contributed by atoms with Crippen LogP contribution in [-0.4, -0.2) is 19.9 Å². The van der Waals surface area contributed by atoms with Crippen LogP contribution in [0.1, 0.15) is 53.2 Å². The highest BCUT2D eigenvalue weighted by Crippen LogP contribution is 2.27. The van der Waals surface area contributed by atoms with Crippen LogP contribution < -0.4 is 0 Å². The minimum Gasteiger partial charge on any atom is -0.256 e. The third-order valence-corrected chi connectivity index (χ3v) is 4.08. The van der Waals surface area contributed by atoms with Crippen molar-refractivity contribution in [3.8, 4) is 22.6 Å². The van der Waals surface area contributed by atoms with E-state index in [1.807, 2.05) is 18.2 Å². The highest BCUT2D eigenvalue weighted by atomic mass is 15.0. The number of aromatic nitrogens is 4. The molecule has 0 radical (unpaired) electrons. The Morgan fingerprint density at radius 2 is 1.15 bits per heavy atom. The second-order valence-corrected chi connectivity index (χ2v) is 8.60. The number of rotatable bonds is 2. The van der Waals surface area contributed by atoms with E-state index in [0.717, 1.165) is 34.3 Å². The summed E-state index contributed by atoms with van der Waals surface area (Å²) in [7, 11) is 0. The Morgan fingerprint density at radius 3 is 1.62 bits per heavy atom. The zero-order valence-electron chi connectivity index (χ0n) is 16.4. The van der Waals surface area contributed by atoms with Gasteiger partial charge in [0.15, 0.2) is 5.82 Å². The molecule has 0 saturated heterocycles. The first kappa shape index (κ1) is 18.2. The molecule has 3 rings (SSSR count). The van der Waals surface area contributed by atoms with E-state index in [1.165, 1.54) is 0 Å². The Balaban J connectivity index is 2.06. The molecule has 0 N–H and O–H groups in total. The summed E-state index contributed by atoms with van der Waals surface area (Å²) >= 11 is 0. The fraction of sp³-hybridized carbons (Fsp3) is 0.364. The summed E-state index contributed by atoms with van der Waals surface area (Å²) in [4.78, 5) is 18.6. The van der Waals surface area contributed by atoms with E-state index in [2.05, 4.69) is 70.8 Å². The summed E-state index contributed by atoms with van der Waals surface area (Å²) in [5.41, 5.74) is 2.76. The molecule has 4 heteroatoms. The van der Waals surface area contributed by atoms with Gasteiger partial charge in [0.05, 0.1) is 5.69 Å². The average Bonchev–Trinajstić information content (AvgIpc) is 2.61. The molecule has 0 saturated carbocycles. The molecule has 3 aromatic rings. The van der Waals surface area contributed by atoms with Gasteiger partial charge in [0.25, 0.3) is 0 Å². The van der Waals surface area contributed by atoms with Crippen LogP contribution in [0.15, 0.2) is 48.7 Å². The zero-order valence-corrected chi connectivity index (χ0v) is 16.4. The Labute approximate surface area is 155 Å². The Morgan fingerprint density at radius 1 is 0.615 bits per heavy atom. The van der Waals surface area contributed by atoms with E-state index in [4.69, 9.17) is 15.0 Å². The maximum absolute atomic E-state index is 4.75. The van der Waals surface area contributed by atoms with E-state index < -0.39 is 0 Å². The normalized spacial score (nSPS) is 12.2. The van der Waals surface area contributed by atoms with Crippen LogP contribution in [0.3, 0.4) is 0 Å². The third-order valence-electron chi connectivity index (χ3n) is 4.08. The molecule has 0 aliphatic carbocycles. The molecule has 0 bridgehead atoms. The lowest BCUT2D eigenvalue weighted by molar-refractivity contribution is 0.497. The van der Waals surface area contributed by atoms with Crippen molar-refractivity contribution in [1.29, 1.82) is 0 Å². The lowest BCUT2D eigenvalue weighted by Crippen LogP contribution is -2.24. The van der Waals surface area contributed by atoms with Crippen LogP contribution in [0.25, 0.3) is 22.6 Å². The van der Waals surface area contributed by atoms with Crippen molar-refractivity contribution in [1.82, 2.24) is 19.9 Å². The predicted octanol–water partition coefficient (Wildman–Crippen LogP) is 5.20. The fourth-order valence-corrected chi connectivity index (χ4v) is 2.50. The first-order valence-corrected chi connectivity index (χ1v) is 8.93. The molecule has 0 aliphatic rings. The molecule has 0 aliphatic heterocycles. The number of benzene rings is 1. The molecule has 0 fully saturated rings. The minimum absolute atomic E-state index is 0.133. The monoisotopic (exact) mass is 346 g/mol. The van der Waals surface area contributed by atoms with E-state index in [0.29, 0.717) is 0 Å². The van der Waals surface area contributed by atoms with Gasteiger partial charge in [-0.3, -0.25) is 4.98 Å². The van der Waals surface area contributed by atoms with Gasteiger partial charge in [0.2, 0.25) is 0 Å². The van der Waals surface area contributed by atoms with Crippen molar-refractivity contribution in [3.05, 3.63) is 60.3 Å². The van der Waals surface area contributed by atoms with Crippen molar-refractivity contribution >= 4 is 0 Å². The van der Waals surface area contributed by atoms with Crippen LogP contribution in [-0.2, 0) is 10.8 Å². The summed E-state index contributed by atoms with van der Waals surface area (Å²) < 4.78 is 0. The van der Waals surface area contributed by atoms with Crippen LogP contribution in [0.4, 0.5) is 0 Å². The van der Waals surface area contributed by atoms with E-state index in [9.17, 15) is 0 Å². The van der Waals surface area contributed by atoms with E-state index >= 15 is 0 Å². The van der Waals surface area contributed by atoms with Gasteiger partial charge in [-0.05, 0) is 12.1 Å². The number of hydrogen-bond acceptors (Lipinski definition) is 4. The largest absolute Gasteiger partial charge is 0.256 e. The third kappa shape index (κ3) is 3.96. The quantitative estimate of drug-likeness (QED) is 0.640. The van der Waals surface area contributed by atoms with Crippen molar-refractivity contribution < 1.29 is 0 Å². The number of nitrogens with zero attached hydrogens (tertiary/aromatic N) is 4. The SMILES string of the molecule is CC(C)(C)c1nc(-c2ccc(-c3ccccn3)cc2)nc(C(C)(C)C)n1. The Hall–Kier alpha value is -2.62.